The van der Waals surface area contributed by atoms with Gasteiger partial charge in [0.1, 0.15) is 5.82 Å². The number of carbonyl (C=O) groups excluding carboxylic acids is 1. The standard InChI is InChI=1S/C14H21FN2O/c1-9-7-10(15)5-6-11(9)13(18)17-12(8-16)14(2,3)4/h5-7,12H,8,16H2,1-4H3,(H,17,18). The van der Waals surface area contributed by atoms with E-state index in [1.165, 1.54) is 18.2 Å². The van der Waals surface area contributed by atoms with E-state index in [2.05, 4.69) is 5.32 Å². The van der Waals surface area contributed by atoms with Gasteiger partial charge in [-0.05, 0) is 36.1 Å². The first-order valence-electron chi connectivity index (χ1n) is 6.02. The largest absolute Gasteiger partial charge is 0.347 e. The molecule has 0 saturated carbocycles. The highest BCUT2D eigenvalue weighted by molar-refractivity contribution is 5.95. The fourth-order valence-corrected chi connectivity index (χ4v) is 1.75. The van der Waals surface area contributed by atoms with Crippen LogP contribution in [0.15, 0.2) is 18.2 Å². The van der Waals surface area contributed by atoms with Crippen molar-refractivity contribution in [2.45, 2.75) is 33.7 Å². The van der Waals surface area contributed by atoms with Crippen molar-refractivity contribution in [3.05, 3.63) is 35.1 Å². The van der Waals surface area contributed by atoms with E-state index in [9.17, 15) is 9.18 Å². The Kier molecular flexibility index (Phi) is 4.46. The first kappa shape index (κ1) is 14.6. The number of hydrogen-bond donors (Lipinski definition) is 2. The van der Waals surface area contributed by atoms with Gasteiger partial charge in [0.25, 0.3) is 5.91 Å². The van der Waals surface area contributed by atoms with Gasteiger partial charge in [-0.2, -0.15) is 0 Å². The van der Waals surface area contributed by atoms with Gasteiger partial charge in [0.15, 0.2) is 0 Å². The van der Waals surface area contributed by atoms with Gasteiger partial charge in [-0.15, -0.1) is 0 Å². The van der Waals surface area contributed by atoms with E-state index < -0.39 is 0 Å². The number of aryl methyl sites for hydroxylation is 1. The fourth-order valence-electron chi connectivity index (χ4n) is 1.75. The lowest BCUT2D eigenvalue weighted by Crippen LogP contribution is -2.48. The van der Waals surface area contributed by atoms with Crippen molar-refractivity contribution >= 4 is 5.91 Å². The van der Waals surface area contributed by atoms with Crippen molar-refractivity contribution in [3.63, 3.8) is 0 Å². The fraction of sp³-hybridized carbons (Fsp3) is 0.500. The Morgan fingerprint density at radius 3 is 2.50 bits per heavy atom. The van der Waals surface area contributed by atoms with Crippen LogP contribution in [0, 0.1) is 18.2 Å². The van der Waals surface area contributed by atoms with E-state index in [1.54, 1.807) is 6.92 Å². The molecule has 3 N–H and O–H groups in total. The van der Waals surface area contributed by atoms with E-state index >= 15 is 0 Å². The predicted octanol–water partition coefficient (Wildman–Crippen LogP) is 2.24. The Labute approximate surface area is 108 Å². The molecular formula is C14H21FN2O. The molecule has 0 bridgehead atoms. The molecule has 3 nitrogen and oxygen atoms in total. The first-order chi connectivity index (χ1) is 8.25. The minimum atomic E-state index is -0.338. The topological polar surface area (TPSA) is 55.1 Å². The Bertz CT molecular complexity index is 438. The van der Waals surface area contributed by atoms with E-state index in [4.69, 9.17) is 5.73 Å². The van der Waals surface area contributed by atoms with Crippen molar-refractivity contribution in [3.8, 4) is 0 Å². The molecule has 18 heavy (non-hydrogen) atoms. The normalized spacial score (nSPS) is 13.2. The van der Waals surface area contributed by atoms with Gasteiger partial charge >= 0.3 is 0 Å². The molecule has 1 aromatic carbocycles. The van der Waals surface area contributed by atoms with Crippen LogP contribution in [0.1, 0.15) is 36.7 Å². The summed E-state index contributed by atoms with van der Waals surface area (Å²) < 4.78 is 13.0. The van der Waals surface area contributed by atoms with Crippen LogP contribution in [-0.4, -0.2) is 18.5 Å². The molecule has 0 fully saturated rings. The zero-order chi connectivity index (χ0) is 13.9. The van der Waals surface area contributed by atoms with Crippen LogP contribution >= 0.6 is 0 Å². The summed E-state index contributed by atoms with van der Waals surface area (Å²) in [5, 5.41) is 2.90. The molecule has 0 saturated heterocycles. The molecule has 0 heterocycles. The summed E-state index contributed by atoms with van der Waals surface area (Å²) in [6, 6.07) is 4.02. The van der Waals surface area contributed by atoms with E-state index in [0.29, 0.717) is 17.7 Å². The SMILES string of the molecule is Cc1cc(F)ccc1C(=O)NC(CN)C(C)(C)C. The summed E-state index contributed by atoms with van der Waals surface area (Å²) in [6.45, 7) is 8.13. The molecule has 0 spiro atoms. The summed E-state index contributed by atoms with van der Waals surface area (Å²) >= 11 is 0. The van der Waals surface area contributed by atoms with Gasteiger partial charge in [-0.1, -0.05) is 20.8 Å². The van der Waals surface area contributed by atoms with E-state index in [1.807, 2.05) is 20.8 Å². The third kappa shape index (κ3) is 3.53. The molecule has 1 aromatic rings. The summed E-state index contributed by atoms with van der Waals surface area (Å²) in [4.78, 5) is 12.1. The molecule has 1 atom stereocenters. The van der Waals surface area contributed by atoms with Gasteiger partial charge < -0.3 is 11.1 Å². The van der Waals surface area contributed by atoms with Gasteiger partial charge in [-0.3, -0.25) is 4.79 Å². The Morgan fingerprint density at radius 2 is 2.06 bits per heavy atom. The highest BCUT2D eigenvalue weighted by atomic mass is 19.1. The molecule has 0 radical (unpaired) electrons. The molecule has 100 valence electrons. The Morgan fingerprint density at radius 1 is 1.44 bits per heavy atom. The van der Waals surface area contributed by atoms with Gasteiger partial charge in [0, 0.05) is 18.2 Å². The third-order valence-corrected chi connectivity index (χ3v) is 3.02. The van der Waals surface area contributed by atoms with Crippen LogP contribution in [0.25, 0.3) is 0 Å². The quantitative estimate of drug-likeness (QED) is 0.866. The molecule has 1 rings (SSSR count). The third-order valence-electron chi connectivity index (χ3n) is 3.02. The molecule has 4 heteroatoms. The maximum atomic E-state index is 13.0. The number of halogens is 1. The second-order valence-electron chi connectivity index (χ2n) is 5.59. The van der Waals surface area contributed by atoms with Crippen molar-refractivity contribution in [1.82, 2.24) is 5.32 Å². The minimum absolute atomic E-state index is 0.113. The van der Waals surface area contributed by atoms with Gasteiger partial charge in [0.05, 0.1) is 0 Å². The molecular weight excluding hydrogens is 231 g/mol. The van der Waals surface area contributed by atoms with E-state index in [0.717, 1.165) is 0 Å². The zero-order valence-corrected chi connectivity index (χ0v) is 11.4. The van der Waals surface area contributed by atoms with Crippen molar-refractivity contribution in [1.29, 1.82) is 0 Å². The van der Waals surface area contributed by atoms with Crippen LogP contribution in [0.3, 0.4) is 0 Å². The highest BCUT2D eigenvalue weighted by Gasteiger charge is 2.25. The van der Waals surface area contributed by atoms with Crippen molar-refractivity contribution in [2.75, 3.05) is 6.54 Å². The summed E-state index contributed by atoms with van der Waals surface area (Å²) in [7, 11) is 0. The predicted molar refractivity (Wildman–Crippen MR) is 70.9 cm³/mol. The average Bonchev–Trinajstić information content (AvgIpc) is 2.23. The summed E-state index contributed by atoms with van der Waals surface area (Å²) in [6.07, 6.45) is 0. The Hall–Kier alpha value is -1.42. The lowest BCUT2D eigenvalue weighted by Gasteiger charge is -2.30. The van der Waals surface area contributed by atoms with E-state index in [-0.39, 0.29) is 23.2 Å². The number of nitrogens with one attached hydrogen (secondary N) is 1. The number of nitrogens with two attached hydrogens (primary N) is 1. The Balaban J connectivity index is 2.88. The van der Waals surface area contributed by atoms with Crippen LogP contribution in [-0.2, 0) is 0 Å². The average molecular weight is 252 g/mol. The molecule has 1 amide bonds. The highest BCUT2D eigenvalue weighted by Crippen LogP contribution is 2.19. The monoisotopic (exact) mass is 252 g/mol. The van der Waals surface area contributed by atoms with Crippen LogP contribution in [0.2, 0.25) is 0 Å². The van der Waals surface area contributed by atoms with Crippen molar-refractivity contribution < 1.29 is 9.18 Å². The summed E-state index contributed by atoms with van der Waals surface area (Å²) in [5.74, 6) is -0.548. The van der Waals surface area contributed by atoms with Crippen LogP contribution in [0.4, 0.5) is 4.39 Å². The molecule has 1 unspecified atom stereocenters. The minimum Gasteiger partial charge on any atom is -0.347 e. The molecule has 0 aliphatic heterocycles. The van der Waals surface area contributed by atoms with Crippen molar-refractivity contribution in [2.24, 2.45) is 11.1 Å². The number of rotatable bonds is 3. The number of benzene rings is 1. The molecule has 0 aromatic heterocycles. The number of hydrogen-bond acceptors (Lipinski definition) is 2. The zero-order valence-electron chi connectivity index (χ0n) is 11.4. The maximum absolute atomic E-state index is 13.0. The molecule has 0 aliphatic rings. The number of carbonyl (C=O) groups is 1. The van der Waals surface area contributed by atoms with Crippen LogP contribution < -0.4 is 11.1 Å². The second-order valence-corrected chi connectivity index (χ2v) is 5.59. The first-order valence-corrected chi connectivity index (χ1v) is 6.02. The van der Waals surface area contributed by atoms with Gasteiger partial charge in [0.2, 0.25) is 0 Å². The second kappa shape index (κ2) is 5.48. The van der Waals surface area contributed by atoms with Crippen LogP contribution in [0.5, 0.6) is 0 Å². The maximum Gasteiger partial charge on any atom is 0.251 e. The number of amides is 1. The molecule has 0 aliphatic carbocycles. The lowest BCUT2D eigenvalue weighted by atomic mass is 9.86. The van der Waals surface area contributed by atoms with Gasteiger partial charge in [-0.25, -0.2) is 4.39 Å². The smallest absolute Gasteiger partial charge is 0.251 e. The lowest BCUT2D eigenvalue weighted by molar-refractivity contribution is 0.0905. The summed E-state index contributed by atoms with van der Waals surface area (Å²) in [5.41, 5.74) is 6.67.